The molecule has 5 rings (SSSR count). The van der Waals surface area contributed by atoms with Crippen LogP contribution in [0.4, 0.5) is 0 Å². The Morgan fingerprint density at radius 3 is 2.79 bits per heavy atom. The first kappa shape index (κ1) is 21.9. The van der Waals surface area contributed by atoms with Crippen LogP contribution in [0.25, 0.3) is 21.9 Å². The molecular weight excluding hydrogens is 446 g/mol. The number of aromatic amines is 1. The molecule has 0 saturated carbocycles. The number of nitriles is 1. The van der Waals surface area contributed by atoms with Crippen LogP contribution in [0, 0.1) is 11.3 Å². The summed E-state index contributed by atoms with van der Waals surface area (Å²) in [6.07, 6.45) is 5.83. The third-order valence-corrected chi connectivity index (χ3v) is 7.12. The molecule has 4 aromatic rings. The Labute approximate surface area is 201 Å². The van der Waals surface area contributed by atoms with Gasteiger partial charge in [0.1, 0.15) is 17.5 Å². The van der Waals surface area contributed by atoms with Gasteiger partial charge in [-0.3, -0.25) is 4.79 Å². The second-order valence-electron chi connectivity index (χ2n) is 8.16. The van der Waals surface area contributed by atoms with E-state index in [-0.39, 0.29) is 17.0 Å². The number of allylic oxidation sites excluding steroid dienone is 1. The van der Waals surface area contributed by atoms with Crippen molar-refractivity contribution in [1.82, 2.24) is 9.97 Å². The van der Waals surface area contributed by atoms with Crippen molar-refractivity contribution < 1.29 is 9.47 Å². The lowest BCUT2D eigenvalue weighted by Crippen LogP contribution is -2.12. The summed E-state index contributed by atoms with van der Waals surface area (Å²) in [6.45, 7) is 0.422. The van der Waals surface area contributed by atoms with E-state index in [1.807, 2.05) is 42.5 Å². The van der Waals surface area contributed by atoms with Gasteiger partial charge in [0.2, 0.25) is 0 Å². The molecular formula is C27H23N3O3S. The molecule has 1 aliphatic carbocycles. The Kier molecular flexibility index (Phi) is 6.15. The molecule has 0 radical (unpaired) electrons. The van der Waals surface area contributed by atoms with Crippen molar-refractivity contribution in [3.63, 3.8) is 0 Å². The molecule has 170 valence electrons. The third-order valence-electron chi connectivity index (χ3n) is 5.94. The van der Waals surface area contributed by atoms with E-state index in [1.165, 1.54) is 4.88 Å². The number of H-pyrrole nitrogens is 1. The quantitative estimate of drug-likeness (QED) is 0.376. The van der Waals surface area contributed by atoms with Crippen molar-refractivity contribution in [2.75, 3.05) is 7.11 Å². The maximum absolute atomic E-state index is 12.9. The minimum atomic E-state index is -0.178. The summed E-state index contributed by atoms with van der Waals surface area (Å²) in [5.41, 5.74) is 3.03. The van der Waals surface area contributed by atoms with Crippen LogP contribution in [0.1, 0.15) is 40.2 Å². The molecule has 0 amide bonds. The van der Waals surface area contributed by atoms with Crippen LogP contribution in [0.15, 0.2) is 53.3 Å². The smallest absolute Gasteiger partial charge is 0.260 e. The number of benzene rings is 2. The number of ether oxygens (including phenoxy) is 2. The standard InChI is InChI=1S/C27H23N3O3S/c1-32-22-14-18(11-12-21(22)33-16-17-7-3-2-4-8-17)13-19(15-28)25-29-26(31)24-20-9-5-6-10-23(20)34-27(24)30-25/h2-4,7-8,11-14H,5-6,9-10,16H2,1H3,(H,29,30,31)/b19-13+. The fraction of sp³-hybridized carbons (Fsp3) is 0.222. The average Bonchev–Trinajstić information content (AvgIpc) is 3.26. The van der Waals surface area contributed by atoms with Crippen LogP contribution < -0.4 is 15.0 Å². The molecule has 2 aromatic carbocycles. The second-order valence-corrected chi connectivity index (χ2v) is 9.24. The second kappa shape index (κ2) is 9.54. The normalized spacial score (nSPS) is 13.4. The number of rotatable bonds is 6. The number of hydrogen-bond donors (Lipinski definition) is 1. The van der Waals surface area contributed by atoms with Gasteiger partial charge in [-0.15, -0.1) is 11.3 Å². The van der Waals surface area contributed by atoms with E-state index >= 15 is 0 Å². The summed E-state index contributed by atoms with van der Waals surface area (Å²) in [5.74, 6) is 1.45. The van der Waals surface area contributed by atoms with Gasteiger partial charge in [0, 0.05) is 4.88 Å². The summed E-state index contributed by atoms with van der Waals surface area (Å²) < 4.78 is 11.4. The number of aryl methyl sites for hydroxylation is 2. The molecule has 1 aliphatic rings. The number of nitrogens with zero attached hydrogens (tertiary/aromatic N) is 2. The minimum absolute atomic E-state index is 0.178. The number of aromatic nitrogens is 2. The van der Waals surface area contributed by atoms with Crippen LogP contribution >= 0.6 is 11.3 Å². The topological polar surface area (TPSA) is 88.0 Å². The van der Waals surface area contributed by atoms with Gasteiger partial charge in [-0.25, -0.2) is 4.98 Å². The van der Waals surface area contributed by atoms with E-state index in [0.717, 1.165) is 42.4 Å². The van der Waals surface area contributed by atoms with Crippen molar-refractivity contribution in [2.45, 2.75) is 32.3 Å². The van der Waals surface area contributed by atoms with Crippen molar-refractivity contribution in [1.29, 1.82) is 5.26 Å². The summed E-state index contributed by atoms with van der Waals surface area (Å²) in [6, 6.07) is 17.5. The van der Waals surface area contributed by atoms with Crippen molar-refractivity contribution in [3.05, 3.63) is 86.3 Å². The third kappa shape index (κ3) is 4.33. The largest absolute Gasteiger partial charge is 0.493 e. The highest BCUT2D eigenvalue weighted by Gasteiger charge is 2.20. The number of methoxy groups -OCH3 is 1. The van der Waals surface area contributed by atoms with Crippen molar-refractivity contribution >= 4 is 33.2 Å². The Bertz CT molecular complexity index is 1480. The van der Waals surface area contributed by atoms with E-state index in [1.54, 1.807) is 30.6 Å². The minimum Gasteiger partial charge on any atom is -0.493 e. The summed E-state index contributed by atoms with van der Waals surface area (Å²) in [4.78, 5) is 22.3. The first-order valence-electron chi connectivity index (χ1n) is 11.2. The van der Waals surface area contributed by atoms with Gasteiger partial charge >= 0.3 is 0 Å². The van der Waals surface area contributed by atoms with Gasteiger partial charge in [-0.05, 0) is 60.6 Å². The number of nitrogens with one attached hydrogen (secondary N) is 1. The lowest BCUT2D eigenvalue weighted by molar-refractivity contribution is 0.284. The SMILES string of the molecule is COc1cc(/C=C(\C#N)c2nc3sc4c(c3c(=O)[nH]2)CCCC4)ccc1OCc1ccccc1. The molecule has 0 aliphatic heterocycles. The molecule has 7 heteroatoms. The highest BCUT2D eigenvalue weighted by atomic mass is 32.1. The van der Waals surface area contributed by atoms with Crippen LogP contribution in [0.3, 0.4) is 0 Å². The first-order chi connectivity index (χ1) is 16.7. The number of fused-ring (bicyclic) bond motifs is 3. The Hall–Kier alpha value is -3.89. The Morgan fingerprint density at radius 2 is 2.00 bits per heavy atom. The van der Waals surface area contributed by atoms with E-state index in [9.17, 15) is 10.1 Å². The summed E-state index contributed by atoms with van der Waals surface area (Å²) in [5, 5.41) is 10.5. The molecule has 2 heterocycles. The molecule has 6 nitrogen and oxygen atoms in total. The lowest BCUT2D eigenvalue weighted by Gasteiger charge is -2.11. The zero-order chi connectivity index (χ0) is 23.5. The van der Waals surface area contributed by atoms with Gasteiger partial charge in [0.25, 0.3) is 5.56 Å². The average molecular weight is 470 g/mol. The summed E-state index contributed by atoms with van der Waals surface area (Å²) in [7, 11) is 1.58. The van der Waals surface area contributed by atoms with E-state index in [4.69, 9.17) is 9.47 Å². The van der Waals surface area contributed by atoms with Gasteiger partial charge in [-0.1, -0.05) is 36.4 Å². The van der Waals surface area contributed by atoms with E-state index in [2.05, 4.69) is 16.0 Å². The Balaban J connectivity index is 1.45. The zero-order valence-electron chi connectivity index (χ0n) is 18.8. The van der Waals surface area contributed by atoms with Crippen LogP contribution in [0.2, 0.25) is 0 Å². The predicted octanol–water partition coefficient (Wildman–Crippen LogP) is 5.52. The molecule has 0 bridgehead atoms. The maximum Gasteiger partial charge on any atom is 0.260 e. The molecule has 34 heavy (non-hydrogen) atoms. The van der Waals surface area contributed by atoms with Crippen LogP contribution in [-0.2, 0) is 19.4 Å². The molecule has 0 fully saturated rings. The highest BCUT2D eigenvalue weighted by Crippen LogP contribution is 2.34. The number of hydrogen-bond acceptors (Lipinski definition) is 6. The van der Waals surface area contributed by atoms with E-state index in [0.29, 0.717) is 28.3 Å². The van der Waals surface area contributed by atoms with E-state index < -0.39 is 0 Å². The van der Waals surface area contributed by atoms with Crippen molar-refractivity contribution in [3.8, 4) is 17.6 Å². The van der Waals surface area contributed by atoms with Gasteiger partial charge in [-0.2, -0.15) is 5.26 Å². The maximum atomic E-state index is 12.9. The lowest BCUT2D eigenvalue weighted by atomic mass is 9.97. The van der Waals surface area contributed by atoms with Gasteiger partial charge < -0.3 is 14.5 Å². The zero-order valence-corrected chi connectivity index (χ0v) is 19.6. The summed E-state index contributed by atoms with van der Waals surface area (Å²) >= 11 is 1.57. The molecule has 0 atom stereocenters. The monoisotopic (exact) mass is 469 g/mol. The van der Waals surface area contributed by atoms with Crippen LogP contribution in [-0.4, -0.2) is 17.1 Å². The molecule has 2 aromatic heterocycles. The molecule has 0 saturated heterocycles. The first-order valence-corrected chi connectivity index (χ1v) is 12.0. The number of thiophene rings is 1. The molecule has 1 N–H and O–H groups in total. The fourth-order valence-corrected chi connectivity index (χ4v) is 5.50. The van der Waals surface area contributed by atoms with Crippen LogP contribution in [0.5, 0.6) is 11.5 Å². The fourth-order valence-electron chi connectivity index (χ4n) is 4.24. The molecule has 0 unspecified atom stereocenters. The van der Waals surface area contributed by atoms with Gasteiger partial charge in [0.15, 0.2) is 17.3 Å². The van der Waals surface area contributed by atoms with Gasteiger partial charge in [0.05, 0.1) is 18.1 Å². The molecule has 0 spiro atoms. The predicted molar refractivity (Wildman–Crippen MR) is 134 cm³/mol. The van der Waals surface area contributed by atoms with Crippen molar-refractivity contribution in [2.24, 2.45) is 0 Å². The Morgan fingerprint density at radius 1 is 1.18 bits per heavy atom. The highest BCUT2D eigenvalue weighted by molar-refractivity contribution is 7.18.